The Labute approximate surface area is 180 Å². The molecule has 1 fully saturated rings. The van der Waals surface area contributed by atoms with Gasteiger partial charge in [-0.2, -0.15) is 5.10 Å². The molecule has 1 aromatic carbocycles. The molecule has 9 heteroatoms. The molecule has 1 saturated heterocycles. The van der Waals surface area contributed by atoms with Gasteiger partial charge in [0.25, 0.3) is 0 Å². The zero-order valence-corrected chi connectivity index (χ0v) is 17.3. The summed E-state index contributed by atoms with van der Waals surface area (Å²) in [5.74, 6) is 0.159. The molecule has 1 amide bonds. The lowest BCUT2D eigenvalue weighted by atomic mass is 9.97. The van der Waals surface area contributed by atoms with Crippen LogP contribution in [0.4, 0.5) is 11.5 Å². The number of esters is 1. The minimum absolute atomic E-state index is 0.0292. The van der Waals surface area contributed by atoms with Crippen molar-refractivity contribution in [2.45, 2.75) is 19.8 Å². The highest BCUT2D eigenvalue weighted by atomic mass is 16.5. The van der Waals surface area contributed by atoms with E-state index in [-0.39, 0.29) is 17.5 Å². The van der Waals surface area contributed by atoms with Crippen LogP contribution in [-0.4, -0.2) is 51.3 Å². The molecule has 0 aliphatic carbocycles. The Morgan fingerprint density at radius 3 is 2.97 bits per heavy atom. The summed E-state index contributed by atoms with van der Waals surface area (Å²) in [5.41, 5.74) is 1.65. The van der Waals surface area contributed by atoms with E-state index >= 15 is 0 Å². The summed E-state index contributed by atoms with van der Waals surface area (Å²) in [6.07, 6.45) is 8.45. The largest absolute Gasteiger partial charge is 0.461 e. The third-order valence-electron chi connectivity index (χ3n) is 5.12. The van der Waals surface area contributed by atoms with E-state index in [0.717, 1.165) is 30.9 Å². The van der Waals surface area contributed by atoms with Gasteiger partial charge in [0.05, 0.1) is 24.4 Å². The maximum Gasteiger partial charge on any atom is 0.358 e. The number of anilines is 2. The monoisotopic (exact) mass is 420 g/mol. The van der Waals surface area contributed by atoms with E-state index in [4.69, 9.17) is 4.74 Å². The average Bonchev–Trinajstić information content (AvgIpc) is 3.31. The highest BCUT2D eigenvalue weighted by molar-refractivity contribution is 5.93. The predicted octanol–water partition coefficient (Wildman–Crippen LogP) is 2.69. The molecule has 0 saturated carbocycles. The van der Waals surface area contributed by atoms with Gasteiger partial charge in [0.15, 0.2) is 5.69 Å². The summed E-state index contributed by atoms with van der Waals surface area (Å²) in [5, 5.41) is 7.27. The van der Waals surface area contributed by atoms with Crippen molar-refractivity contribution in [3.05, 3.63) is 60.8 Å². The number of ether oxygens (including phenoxy) is 1. The average molecular weight is 420 g/mol. The molecule has 2 aromatic heterocycles. The Hall–Kier alpha value is -3.75. The lowest BCUT2D eigenvalue weighted by Crippen LogP contribution is -2.41. The molecular weight excluding hydrogens is 396 g/mol. The van der Waals surface area contributed by atoms with Gasteiger partial charge in [-0.25, -0.2) is 14.5 Å². The van der Waals surface area contributed by atoms with E-state index in [0.29, 0.717) is 18.8 Å². The normalized spacial score (nSPS) is 16.0. The SMILES string of the molecule is CCOC(=O)c1ccn(-c2cccc(NC(=O)[C@@H]3CCCN(c4cnccn4)C3)c2)n1. The lowest BCUT2D eigenvalue weighted by Gasteiger charge is -2.32. The molecule has 9 nitrogen and oxygen atoms in total. The molecule has 0 bridgehead atoms. The molecule has 3 heterocycles. The molecule has 31 heavy (non-hydrogen) atoms. The van der Waals surface area contributed by atoms with Crippen LogP contribution in [0.5, 0.6) is 0 Å². The summed E-state index contributed by atoms with van der Waals surface area (Å²) in [6.45, 7) is 3.51. The van der Waals surface area contributed by atoms with Crippen LogP contribution in [0.15, 0.2) is 55.1 Å². The van der Waals surface area contributed by atoms with Crippen LogP contribution >= 0.6 is 0 Å². The molecular formula is C22H24N6O3. The van der Waals surface area contributed by atoms with Gasteiger partial charge in [-0.15, -0.1) is 0 Å². The first kappa shape index (κ1) is 20.5. The van der Waals surface area contributed by atoms with E-state index in [1.807, 2.05) is 24.3 Å². The molecule has 160 valence electrons. The number of hydrogen-bond donors (Lipinski definition) is 1. The van der Waals surface area contributed by atoms with Crippen molar-refractivity contribution < 1.29 is 14.3 Å². The number of nitrogens with one attached hydrogen (secondary N) is 1. The lowest BCUT2D eigenvalue weighted by molar-refractivity contribution is -0.120. The van der Waals surface area contributed by atoms with Gasteiger partial charge in [-0.3, -0.25) is 9.78 Å². The van der Waals surface area contributed by atoms with Crippen molar-refractivity contribution in [2.24, 2.45) is 5.92 Å². The van der Waals surface area contributed by atoms with Crippen LogP contribution in [-0.2, 0) is 9.53 Å². The fraction of sp³-hybridized carbons (Fsp3) is 0.318. The minimum atomic E-state index is -0.462. The Kier molecular flexibility index (Phi) is 6.21. The van der Waals surface area contributed by atoms with E-state index in [1.54, 1.807) is 42.5 Å². The quantitative estimate of drug-likeness (QED) is 0.612. The van der Waals surface area contributed by atoms with Crippen LogP contribution in [0.25, 0.3) is 5.69 Å². The molecule has 1 aliphatic heterocycles. The fourth-order valence-electron chi connectivity index (χ4n) is 3.61. The number of carbonyl (C=O) groups is 2. The standard InChI is InChI=1S/C22H24N6O3/c1-2-31-22(30)19-8-12-28(26-19)18-7-3-6-17(13-18)25-21(29)16-5-4-11-27(15-16)20-14-23-9-10-24-20/h3,6-10,12-14,16H,2,4-5,11,15H2,1H3,(H,25,29)/t16-/m1/s1. The first-order valence-corrected chi connectivity index (χ1v) is 10.3. The number of hydrogen-bond acceptors (Lipinski definition) is 7. The Morgan fingerprint density at radius 1 is 1.26 bits per heavy atom. The number of amides is 1. The van der Waals surface area contributed by atoms with Crippen LogP contribution in [0.2, 0.25) is 0 Å². The molecule has 4 rings (SSSR count). The van der Waals surface area contributed by atoms with E-state index < -0.39 is 5.97 Å². The van der Waals surface area contributed by atoms with Crippen LogP contribution in [0.3, 0.4) is 0 Å². The van der Waals surface area contributed by atoms with Crippen molar-refractivity contribution in [3.63, 3.8) is 0 Å². The maximum atomic E-state index is 12.9. The second kappa shape index (κ2) is 9.38. The van der Waals surface area contributed by atoms with Crippen LogP contribution in [0.1, 0.15) is 30.3 Å². The molecule has 1 atom stereocenters. The highest BCUT2D eigenvalue weighted by Gasteiger charge is 2.26. The first-order chi connectivity index (χ1) is 15.1. The van der Waals surface area contributed by atoms with Gasteiger partial charge in [0.2, 0.25) is 5.91 Å². The summed E-state index contributed by atoms with van der Waals surface area (Å²) < 4.78 is 6.56. The number of aromatic nitrogens is 4. The topological polar surface area (TPSA) is 102 Å². The van der Waals surface area contributed by atoms with Crippen LogP contribution in [0, 0.1) is 5.92 Å². The molecule has 0 radical (unpaired) electrons. The molecule has 1 N–H and O–H groups in total. The second-order valence-electron chi connectivity index (χ2n) is 7.25. The zero-order chi connectivity index (χ0) is 21.6. The van der Waals surface area contributed by atoms with Crippen molar-refractivity contribution >= 4 is 23.4 Å². The van der Waals surface area contributed by atoms with Gasteiger partial charge in [0.1, 0.15) is 5.82 Å². The van der Waals surface area contributed by atoms with Gasteiger partial charge in [-0.1, -0.05) is 6.07 Å². The van der Waals surface area contributed by atoms with Gasteiger partial charge in [-0.05, 0) is 44.0 Å². The summed E-state index contributed by atoms with van der Waals surface area (Å²) in [7, 11) is 0. The summed E-state index contributed by atoms with van der Waals surface area (Å²) in [6, 6.07) is 8.95. The molecule has 0 spiro atoms. The third-order valence-corrected chi connectivity index (χ3v) is 5.12. The number of carbonyl (C=O) groups excluding carboxylic acids is 2. The predicted molar refractivity (Wildman–Crippen MR) is 115 cm³/mol. The van der Waals surface area contributed by atoms with Gasteiger partial charge in [0, 0.05) is 37.4 Å². The van der Waals surface area contributed by atoms with Gasteiger partial charge < -0.3 is 15.0 Å². The Morgan fingerprint density at radius 2 is 2.16 bits per heavy atom. The minimum Gasteiger partial charge on any atom is -0.461 e. The second-order valence-corrected chi connectivity index (χ2v) is 7.25. The molecule has 1 aliphatic rings. The number of benzene rings is 1. The van der Waals surface area contributed by atoms with E-state index in [9.17, 15) is 9.59 Å². The van der Waals surface area contributed by atoms with Crippen molar-refractivity contribution in [1.29, 1.82) is 0 Å². The van der Waals surface area contributed by atoms with Gasteiger partial charge >= 0.3 is 5.97 Å². The van der Waals surface area contributed by atoms with Crippen LogP contribution < -0.4 is 10.2 Å². The van der Waals surface area contributed by atoms with E-state index in [2.05, 4.69) is 25.3 Å². The van der Waals surface area contributed by atoms with Crippen molar-refractivity contribution in [2.75, 3.05) is 29.9 Å². The number of nitrogens with zero attached hydrogens (tertiary/aromatic N) is 5. The highest BCUT2D eigenvalue weighted by Crippen LogP contribution is 2.23. The number of rotatable bonds is 6. The molecule has 0 unspecified atom stereocenters. The summed E-state index contributed by atoms with van der Waals surface area (Å²) in [4.78, 5) is 35.3. The smallest absolute Gasteiger partial charge is 0.358 e. The zero-order valence-electron chi connectivity index (χ0n) is 17.3. The third kappa shape index (κ3) is 4.88. The van der Waals surface area contributed by atoms with Crippen molar-refractivity contribution in [3.8, 4) is 5.69 Å². The maximum absolute atomic E-state index is 12.9. The first-order valence-electron chi connectivity index (χ1n) is 10.3. The summed E-state index contributed by atoms with van der Waals surface area (Å²) >= 11 is 0. The van der Waals surface area contributed by atoms with E-state index in [1.165, 1.54) is 0 Å². The number of piperidine rings is 1. The molecule has 3 aromatic rings. The Bertz CT molecular complexity index is 1050. The Balaban J connectivity index is 1.43. The fourth-order valence-corrected chi connectivity index (χ4v) is 3.61. The van der Waals surface area contributed by atoms with Crippen molar-refractivity contribution in [1.82, 2.24) is 19.7 Å².